The minimum absolute atomic E-state index is 0.309. The zero-order valence-corrected chi connectivity index (χ0v) is 22.1. The molecule has 4 aromatic rings. The largest absolute Gasteiger partial charge is 0.465 e. The zero-order valence-electron chi connectivity index (χ0n) is 21.4. The predicted molar refractivity (Wildman–Crippen MR) is 148 cm³/mol. The van der Waals surface area contributed by atoms with Gasteiger partial charge >= 0.3 is 5.97 Å². The molecular formula is C30H31ClFN3O2. The molecule has 5 rings (SSSR count). The van der Waals surface area contributed by atoms with Crippen LogP contribution in [0.1, 0.15) is 54.9 Å². The van der Waals surface area contributed by atoms with E-state index in [1.807, 2.05) is 12.1 Å². The first kappa shape index (κ1) is 26.6. The van der Waals surface area contributed by atoms with E-state index in [0.717, 1.165) is 42.3 Å². The highest BCUT2D eigenvalue weighted by Gasteiger charge is 2.25. The van der Waals surface area contributed by atoms with Crippen molar-refractivity contribution in [1.29, 1.82) is 0 Å². The summed E-state index contributed by atoms with van der Waals surface area (Å²) in [5.74, 6) is 0.481. The summed E-state index contributed by atoms with van der Waals surface area (Å²) in [7, 11) is 1.35. The predicted octanol–water partition coefficient (Wildman–Crippen LogP) is 7.68. The van der Waals surface area contributed by atoms with E-state index in [4.69, 9.17) is 26.3 Å². The Morgan fingerprint density at radius 1 is 0.973 bits per heavy atom. The van der Waals surface area contributed by atoms with Gasteiger partial charge in [0.15, 0.2) is 5.82 Å². The molecule has 0 unspecified atom stereocenters. The van der Waals surface area contributed by atoms with E-state index < -0.39 is 5.97 Å². The van der Waals surface area contributed by atoms with E-state index in [1.165, 1.54) is 31.2 Å². The minimum Gasteiger partial charge on any atom is -0.465 e. The maximum Gasteiger partial charge on any atom is 0.337 e. The normalized spacial score (nSPS) is 13.7. The smallest absolute Gasteiger partial charge is 0.337 e. The topological polar surface area (TPSA) is 55.3 Å². The van der Waals surface area contributed by atoms with Gasteiger partial charge in [-0.1, -0.05) is 44.0 Å². The van der Waals surface area contributed by atoms with Crippen LogP contribution in [0.5, 0.6) is 0 Å². The van der Waals surface area contributed by atoms with Gasteiger partial charge in [0.2, 0.25) is 0 Å². The molecule has 0 aliphatic carbocycles. The van der Waals surface area contributed by atoms with Crippen molar-refractivity contribution in [2.24, 2.45) is 0 Å². The second-order valence-corrected chi connectivity index (χ2v) is 9.55. The summed E-state index contributed by atoms with van der Waals surface area (Å²) >= 11 is 6.05. The second kappa shape index (κ2) is 12.2. The highest BCUT2D eigenvalue weighted by Crippen LogP contribution is 2.35. The Labute approximate surface area is 222 Å². The van der Waals surface area contributed by atoms with Crippen LogP contribution in [0.25, 0.3) is 22.3 Å². The number of aromatic nitrogens is 2. The number of esters is 1. The number of benzene rings is 3. The van der Waals surface area contributed by atoms with Gasteiger partial charge in [0.25, 0.3) is 0 Å². The molecule has 1 saturated heterocycles. The maximum absolute atomic E-state index is 13.6. The van der Waals surface area contributed by atoms with Crippen LogP contribution in [0, 0.1) is 5.82 Å². The van der Waals surface area contributed by atoms with E-state index in [-0.39, 0.29) is 5.82 Å². The molecule has 0 radical (unpaired) electrons. The first-order valence-electron chi connectivity index (χ1n) is 12.6. The lowest BCUT2D eigenvalue weighted by Gasteiger charge is -2.34. The average molecular weight is 520 g/mol. The van der Waals surface area contributed by atoms with Crippen molar-refractivity contribution in [3.63, 3.8) is 0 Å². The summed E-state index contributed by atoms with van der Waals surface area (Å²) in [4.78, 5) is 24.0. The number of anilines is 1. The van der Waals surface area contributed by atoms with Gasteiger partial charge < -0.3 is 9.64 Å². The molecule has 37 heavy (non-hydrogen) atoms. The van der Waals surface area contributed by atoms with Crippen molar-refractivity contribution in [2.75, 3.05) is 25.1 Å². The summed E-state index contributed by atoms with van der Waals surface area (Å²) in [5.41, 5.74) is 4.41. The third kappa shape index (κ3) is 6.25. The van der Waals surface area contributed by atoms with E-state index in [9.17, 15) is 9.18 Å². The molecule has 1 aromatic heterocycles. The number of nitrogens with zero attached hydrogens (tertiary/aromatic N) is 3. The van der Waals surface area contributed by atoms with Crippen LogP contribution in [0.3, 0.4) is 0 Å². The molecule has 1 aliphatic rings. The lowest BCUT2D eigenvalue weighted by molar-refractivity contribution is 0.0601. The van der Waals surface area contributed by atoms with E-state index in [2.05, 4.69) is 30.9 Å². The highest BCUT2D eigenvalue weighted by molar-refractivity contribution is 6.30. The van der Waals surface area contributed by atoms with Crippen molar-refractivity contribution in [3.05, 3.63) is 88.7 Å². The van der Waals surface area contributed by atoms with Crippen LogP contribution in [-0.4, -0.2) is 36.1 Å². The van der Waals surface area contributed by atoms with Gasteiger partial charge in [0.05, 0.1) is 23.7 Å². The molecule has 5 nitrogen and oxygen atoms in total. The molecule has 0 spiro atoms. The Morgan fingerprint density at radius 2 is 1.62 bits per heavy atom. The van der Waals surface area contributed by atoms with Crippen LogP contribution in [0.4, 0.5) is 10.2 Å². The van der Waals surface area contributed by atoms with Gasteiger partial charge in [-0.15, -0.1) is 0 Å². The van der Waals surface area contributed by atoms with E-state index in [0.29, 0.717) is 28.2 Å². The number of carbonyl (C=O) groups excluding carboxylic acids is 1. The third-order valence-corrected chi connectivity index (χ3v) is 6.57. The lowest BCUT2D eigenvalue weighted by Crippen LogP contribution is -2.34. The Balaban J connectivity index is 0.00000102. The number of hydrogen-bond donors (Lipinski definition) is 0. The summed E-state index contributed by atoms with van der Waals surface area (Å²) < 4.78 is 18.5. The zero-order chi connectivity index (χ0) is 26.4. The number of piperidine rings is 1. The molecular weight excluding hydrogens is 489 g/mol. The highest BCUT2D eigenvalue weighted by atomic mass is 35.5. The third-order valence-electron chi connectivity index (χ3n) is 6.32. The van der Waals surface area contributed by atoms with Gasteiger partial charge in [0.1, 0.15) is 11.5 Å². The van der Waals surface area contributed by atoms with Gasteiger partial charge in [-0.05, 0) is 78.9 Å². The van der Waals surface area contributed by atoms with Gasteiger partial charge in [0, 0.05) is 23.7 Å². The average Bonchev–Trinajstić information content (AvgIpc) is 2.93. The van der Waals surface area contributed by atoms with Gasteiger partial charge in [-0.2, -0.15) is 0 Å². The molecule has 0 saturated carbocycles. The first-order chi connectivity index (χ1) is 17.9. The molecule has 0 N–H and O–H groups in total. The van der Waals surface area contributed by atoms with Crippen molar-refractivity contribution in [1.82, 2.24) is 9.97 Å². The van der Waals surface area contributed by atoms with Crippen molar-refractivity contribution < 1.29 is 13.9 Å². The monoisotopic (exact) mass is 519 g/mol. The summed E-state index contributed by atoms with van der Waals surface area (Å²) in [6.45, 7) is 5.89. The quantitative estimate of drug-likeness (QED) is 0.259. The molecule has 192 valence electrons. The Morgan fingerprint density at radius 3 is 2.24 bits per heavy atom. The lowest BCUT2D eigenvalue weighted by atomic mass is 9.89. The van der Waals surface area contributed by atoms with Crippen molar-refractivity contribution >= 4 is 34.4 Å². The number of hydrogen-bond acceptors (Lipinski definition) is 5. The standard InChI is InChI=1S/C27H23ClFN3O2.C3H8/c1-34-27(33)20-6-11-23-24(16-20)30-25(19-4-9-22(29)10-5-19)26(31-23)32-14-12-18(13-15-32)17-2-7-21(28)8-3-17;1-3-2/h2-11,16,18H,12-15H2,1H3;3H2,1-2H3. The number of carbonyl (C=O) groups is 1. The Bertz CT molecular complexity index is 1350. The van der Waals surface area contributed by atoms with Crippen LogP contribution >= 0.6 is 11.6 Å². The molecule has 1 fully saturated rings. The fourth-order valence-electron chi connectivity index (χ4n) is 4.47. The fraction of sp³-hybridized carbons (Fsp3) is 0.300. The number of methoxy groups -OCH3 is 1. The van der Waals surface area contributed by atoms with Crippen LogP contribution in [0.15, 0.2) is 66.7 Å². The number of rotatable bonds is 4. The SMILES string of the molecule is CCC.COC(=O)c1ccc2nc(N3CCC(c4ccc(Cl)cc4)CC3)c(-c3ccc(F)cc3)nc2c1. The van der Waals surface area contributed by atoms with Gasteiger partial charge in [-0.3, -0.25) is 0 Å². The second-order valence-electron chi connectivity index (χ2n) is 9.12. The molecule has 0 amide bonds. The number of ether oxygens (including phenoxy) is 1. The Hall–Kier alpha value is -3.51. The van der Waals surface area contributed by atoms with Crippen molar-refractivity contribution in [3.8, 4) is 11.3 Å². The van der Waals surface area contributed by atoms with Crippen molar-refractivity contribution in [2.45, 2.75) is 39.0 Å². The Kier molecular flexibility index (Phi) is 8.72. The van der Waals surface area contributed by atoms with E-state index in [1.54, 1.807) is 30.3 Å². The molecule has 2 heterocycles. The summed E-state index contributed by atoms with van der Waals surface area (Å²) in [5, 5.41) is 0.743. The number of fused-ring (bicyclic) bond motifs is 1. The van der Waals surface area contributed by atoms with E-state index >= 15 is 0 Å². The van der Waals surface area contributed by atoms with Crippen LogP contribution in [0.2, 0.25) is 5.02 Å². The molecule has 1 aliphatic heterocycles. The first-order valence-corrected chi connectivity index (χ1v) is 13.0. The summed E-state index contributed by atoms with van der Waals surface area (Å²) in [6.07, 6.45) is 3.21. The molecule has 7 heteroatoms. The fourth-order valence-corrected chi connectivity index (χ4v) is 4.60. The minimum atomic E-state index is -0.430. The van der Waals surface area contributed by atoms with Crippen LogP contribution < -0.4 is 4.90 Å². The number of halogens is 2. The molecule has 3 aromatic carbocycles. The molecule has 0 bridgehead atoms. The molecule has 0 atom stereocenters. The van der Waals surface area contributed by atoms with Gasteiger partial charge in [-0.25, -0.2) is 19.2 Å². The maximum atomic E-state index is 13.6. The van der Waals surface area contributed by atoms with Crippen LogP contribution in [-0.2, 0) is 4.74 Å². The summed E-state index contributed by atoms with van der Waals surface area (Å²) in [6, 6.07) is 19.5.